The summed E-state index contributed by atoms with van der Waals surface area (Å²) in [6, 6.07) is 7.98. The number of carbonyl (C=O) groups excluding carboxylic acids is 1. The van der Waals surface area contributed by atoms with Crippen LogP contribution in [0.15, 0.2) is 24.3 Å². The molecule has 1 aliphatic rings. The predicted octanol–water partition coefficient (Wildman–Crippen LogP) is 0.737. The van der Waals surface area contributed by atoms with Gasteiger partial charge in [-0.15, -0.1) is 0 Å². The summed E-state index contributed by atoms with van der Waals surface area (Å²) in [6.45, 7) is 7.24. The van der Waals surface area contributed by atoms with Crippen molar-refractivity contribution in [2.75, 3.05) is 52.9 Å². The molecule has 116 valence electrons. The number of aryl methyl sites for hydroxylation is 1. The third kappa shape index (κ3) is 5.02. The van der Waals surface area contributed by atoms with Crippen molar-refractivity contribution in [3.05, 3.63) is 29.8 Å². The monoisotopic (exact) mass is 291 g/mol. The van der Waals surface area contributed by atoms with Crippen molar-refractivity contribution in [3.8, 4) is 5.75 Å². The number of nitrogens with zero attached hydrogens (tertiary/aromatic N) is 2. The highest BCUT2D eigenvalue weighted by Gasteiger charge is 2.17. The minimum Gasteiger partial charge on any atom is -0.492 e. The van der Waals surface area contributed by atoms with E-state index in [0.29, 0.717) is 13.2 Å². The van der Waals surface area contributed by atoms with Crippen LogP contribution in [0.4, 0.5) is 0 Å². The predicted molar refractivity (Wildman–Crippen MR) is 83.6 cm³/mol. The van der Waals surface area contributed by atoms with E-state index >= 15 is 0 Å². The first-order valence-electron chi connectivity index (χ1n) is 7.52. The number of rotatable bonds is 6. The molecule has 1 amide bonds. The van der Waals surface area contributed by atoms with Gasteiger partial charge >= 0.3 is 0 Å². The standard InChI is InChI=1S/C16H25N3O2/c1-14-5-3-4-6-15(14)21-12-11-18(2)13-16(20)19-9-7-17-8-10-19/h3-6,17H,7-13H2,1-2H3. The van der Waals surface area contributed by atoms with Crippen LogP contribution in [0.2, 0.25) is 0 Å². The van der Waals surface area contributed by atoms with Crippen LogP contribution in [0.25, 0.3) is 0 Å². The van der Waals surface area contributed by atoms with Crippen LogP contribution in [0.3, 0.4) is 0 Å². The van der Waals surface area contributed by atoms with E-state index in [1.165, 1.54) is 0 Å². The van der Waals surface area contributed by atoms with E-state index < -0.39 is 0 Å². The van der Waals surface area contributed by atoms with Crippen LogP contribution in [-0.2, 0) is 4.79 Å². The highest BCUT2D eigenvalue weighted by Crippen LogP contribution is 2.15. The van der Waals surface area contributed by atoms with Gasteiger partial charge in [0.05, 0.1) is 6.54 Å². The summed E-state index contributed by atoms with van der Waals surface area (Å²) in [5.41, 5.74) is 1.14. The summed E-state index contributed by atoms with van der Waals surface area (Å²) >= 11 is 0. The van der Waals surface area contributed by atoms with Crippen LogP contribution in [0, 0.1) is 6.92 Å². The second kappa shape index (κ2) is 8.00. The molecule has 1 aliphatic heterocycles. The Morgan fingerprint density at radius 2 is 2.05 bits per heavy atom. The number of hydrogen-bond acceptors (Lipinski definition) is 4. The summed E-state index contributed by atoms with van der Waals surface area (Å²) in [5, 5.41) is 3.25. The molecule has 0 radical (unpaired) electrons. The maximum Gasteiger partial charge on any atom is 0.236 e. The Morgan fingerprint density at radius 1 is 1.33 bits per heavy atom. The molecule has 0 unspecified atom stereocenters. The quantitative estimate of drug-likeness (QED) is 0.839. The van der Waals surface area contributed by atoms with E-state index in [9.17, 15) is 4.79 Å². The minimum atomic E-state index is 0.204. The lowest BCUT2D eigenvalue weighted by Gasteiger charge is -2.29. The van der Waals surface area contributed by atoms with Crippen molar-refractivity contribution < 1.29 is 9.53 Å². The molecule has 1 fully saturated rings. The number of hydrogen-bond donors (Lipinski definition) is 1. The van der Waals surface area contributed by atoms with Crippen LogP contribution in [-0.4, -0.2) is 68.6 Å². The van der Waals surface area contributed by atoms with Gasteiger partial charge in [0, 0.05) is 32.7 Å². The first-order valence-corrected chi connectivity index (χ1v) is 7.52. The van der Waals surface area contributed by atoms with E-state index in [4.69, 9.17) is 4.74 Å². The van der Waals surface area contributed by atoms with E-state index in [1.54, 1.807) is 0 Å². The molecular weight excluding hydrogens is 266 g/mol. The molecule has 0 atom stereocenters. The van der Waals surface area contributed by atoms with Gasteiger partial charge in [0.15, 0.2) is 0 Å². The molecule has 5 nitrogen and oxygen atoms in total. The molecule has 0 aliphatic carbocycles. The lowest BCUT2D eigenvalue weighted by atomic mass is 10.2. The zero-order chi connectivity index (χ0) is 15.1. The summed E-state index contributed by atoms with van der Waals surface area (Å²) in [4.78, 5) is 16.1. The lowest BCUT2D eigenvalue weighted by Crippen LogP contribution is -2.49. The number of nitrogens with one attached hydrogen (secondary N) is 1. The molecule has 1 aromatic carbocycles. The highest BCUT2D eigenvalue weighted by atomic mass is 16.5. The number of piperazine rings is 1. The van der Waals surface area contributed by atoms with Crippen LogP contribution < -0.4 is 10.1 Å². The Balaban J connectivity index is 1.68. The number of ether oxygens (including phenoxy) is 1. The van der Waals surface area contributed by atoms with Crippen molar-refractivity contribution in [2.24, 2.45) is 0 Å². The third-order valence-corrected chi connectivity index (χ3v) is 3.70. The second-order valence-electron chi connectivity index (χ2n) is 5.48. The number of para-hydroxylation sites is 1. The van der Waals surface area contributed by atoms with Gasteiger partial charge < -0.3 is 15.0 Å². The maximum atomic E-state index is 12.1. The van der Waals surface area contributed by atoms with Crippen molar-refractivity contribution in [1.82, 2.24) is 15.1 Å². The molecule has 1 heterocycles. The van der Waals surface area contributed by atoms with E-state index in [2.05, 4.69) is 5.32 Å². The van der Waals surface area contributed by atoms with Crippen LogP contribution in [0.5, 0.6) is 5.75 Å². The fourth-order valence-corrected chi connectivity index (χ4v) is 2.35. The highest BCUT2D eigenvalue weighted by molar-refractivity contribution is 5.78. The Hall–Kier alpha value is -1.59. The Kier molecular flexibility index (Phi) is 6.02. The number of carbonyl (C=O) groups is 1. The van der Waals surface area contributed by atoms with E-state index in [0.717, 1.165) is 44.0 Å². The lowest BCUT2D eigenvalue weighted by molar-refractivity contribution is -0.132. The first kappa shape index (κ1) is 15.8. The molecule has 0 bridgehead atoms. The first-order chi connectivity index (χ1) is 10.2. The molecule has 21 heavy (non-hydrogen) atoms. The van der Waals surface area contributed by atoms with Crippen molar-refractivity contribution in [2.45, 2.75) is 6.92 Å². The molecule has 5 heteroatoms. The fraction of sp³-hybridized carbons (Fsp3) is 0.562. The number of benzene rings is 1. The molecule has 1 N–H and O–H groups in total. The molecule has 0 aromatic heterocycles. The van der Waals surface area contributed by atoms with Crippen LogP contribution >= 0.6 is 0 Å². The Labute approximate surface area is 126 Å². The zero-order valence-electron chi connectivity index (χ0n) is 13.0. The topological polar surface area (TPSA) is 44.8 Å². The van der Waals surface area contributed by atoms with Gasteiger partial charge in [0.2, 0.25) is 5.91 Å². The van der Waals surface area contributed by atoms with Gasteiger partial charge in [0.25, 0.3) is 0 Å². The minimum absolute atomic E-state index is 0.204. The largest absolute Gasteiger partial charge is 0.492 e. The van der Waals surface area contributed by atoms with E-state index in [1.807, 2.05) is 48.0 Å². The fourth-order valence-electron chi connectivity index (χ4n) is 2.35. The van der Waals surface area contributed by atoms with Gasteiger partial charge in [-0.25, -0.2) is 0 Å². The average molecular weight is 291 g/mol. The summed E-state index contributed by atoms with van der Waals surface area (Å²) < 4.78 is 5.76. The molecule has 2 rings (SSSR count). The van der Waals surface area contributed by atoms with Crippen molar-refractivity contribution in [3.63, 3.8) is 0 Å². The molecule has 0 saturated carbocycles. The van der Waals surface area contributed by atoms with Gasteiger partial charge in [-0.05, 0) is 25.6 Å². The van der Waals surface area contributed by atoms with Crippen molar-refractivity contribution >= 4 is 5.91 Å². The smallest absolute Gasteiger partial charge is 0.236 e. The zero-order valence-corrected chi connectivity index (χ0v) is 13.0. The molecular formula is C16H25N3O2. The summed E-state index contributed by atoms with van der Waals surface area (Å²) in [5.74, 6) is 1.12. The summed E-state index contributed by atoms with van der Waals surface area (Å²) in [7, 11) is 1.96. The second-order valence-corrected chi connectivity index (χ2v) is 5.48. The molecule has 1 saturated heterocycles. The van der Waals surface area contributed by atoms with Crippen molar-refractivity contribution in [1.29, 1.82) is 0 Å². The van der Waals surface area contributed by atoms with E-state index in [-0.39, 0.29) is 5.91 Å². The average Bonchev–Trinajstić information content (AvgIpc) is 2.50. The van der Waals surface area contributed by atoms with Gasteiger partial charge in [-0.3, -0.25) is 9.69 Å². The van der Waals surface area contributed by atoms with Gasteiger partial charge in [-0.2, -0.15) is 0 Å². The van der Waals surface area contributed by atoms with Crippen LogP contribution in [0.1, 0.15) is 5.56 Å². The van der Waals surface area contributed by atoms with Gasteiger partial charge in [-0.1, -0.05) is 18.2 Å². The summed E-state index contributed by atoms with van der Waals surface area (Å²) in [6.07, 6.45) is 0. The normalized spacial score (nSPS) is 15.3. The Bertz CT molecular complexity index is 459. The number of amides is 1. The molecule has 1 aromatic rings. The SMILES string of the molecule is Cc1ccccc1OCCN(C)CC(=O)N1CCNCC1. The molecule has 0 spiro atoms. The maximum absolute atomic E-state index is 12.1. The third-order valence-electron chi connectivity index (χ3n) is 3.70. The van der Waals surface area contributed by atoms with Gasteiger partial charge in [0.1, 0.15) is 12.4 Å². The number of likely N-dealkylation sites (N-methyl/N-ethyl adjacent to an activating group) is 1. The Morgan fingerprint density at radius 3 is 2.76 bits per heavy atom.